The van der Waals surface area contributed by atoms with Crippen LogP contribution in [-0.4, -0.2) is 15.0 Å². The Morgan fingerprint density at radius 1 is 0.356 bits per heavy atom. The molecule has 2 aromatic heterocycles. The first-order valence-electron chi connectivity index (χ1n) is 20.3. The van der Waals surface area contributed by atoms with E-state index in [9.17, 15) is 0 Å². The van der Waals surface area contributed by atoms with Gasteiger partial charge in [0.05, 0.1) is 5.41 Å². The van der Waals surface area contributed by atoms with Gasteiger partial charge in [-0.1, -0.05) is 178 Å². The Hall–Kier alpha value is -7.43. The van der Waals surface area contributed by atoms with Gasteiger partial charge in [-0.05, 0) is 79.9 Å². The molecule has 0 aliphatic heterocycles. The van der Waals surface area contributed by atoms with Gasteiger partial charge in [0.15, 0.2) is 17.5 Å². The maximum Gasteiger partial charge on any atom is 0.164 e. The topological polar surface area (TPSA) is 51.8 Å². The van der Waals surface area contributed by atoms with Crippen molar-refractivity contribution in [3.63, 3.8) is 0 Å². The summed E-state index contributed by atoms with van der Waals surface area (Å²) in [6.07, 6.45) is 0. The van der Waals surface area contributed by atoms with Crippen LogP contribution in [0.3, 0.4) is 0 Å². The Kier molecular flexibility index (Phi) is 7.16. The highest BCUT2D eigenvalue weighted by molar-refractivity contribution is 6.05. The molecule has 0 amide bonds. The van der Waals surface area contributed by atoms with Crippen molar-refractivity contribution in [2.45, 2.75) is 24.7 Å². The summed E-state index contributed by atoms with van der Waals surface area (Å²) in [6, 6.07) is 67.3. The van der Waals surface area contributed by atoms with E-state index in [1.54, 1.807) is 0 Å². The fourth-order valence-corrected chi connectivity index (χ4v) is 10.3. The summed E-state index contributed by atoms with van der Waals surface area (Å²) in [5, 5.41) is 2.16. The Bertz CT molecular complexity index is 3280. The minimum atomic E-state index is -0.461. The molecule has 0 N–H and O–H groups in total. The molecule has 4 nitrogen and oxygen atoms in total. The lowest BCUT2D eigenvalue weighted by molar-refractivity contribution is 0.565. The van der Waals surface area contributed by atoms with E-state index in [4.69, 9.17) is 19.4 Å². The first-order valence-corrected chi connectivity index (χ1v) is 20.3. The molecule has 0 fully saturated rings. The van der Waals surface area contributed by atoms with Crippen molar-refractivity contribution in [3.8, 4) is 56.4 Å². The standard InChI is InChI=1S/C55H37N3O/c1-54(2)45-26-11-12-27-46(45)55(43-24-9-6-20-39(43)40-21-7-10-25-44(40)55)47-28-15-23-38(50(47)54)35-18-14-19-36(32-35)52-56-51(34-16-4-3-5-17-34)57-53(58-52)37-30-31-42-41-22-8-13-29-48(41)59-49(42)33-37/h3-33H,1-2H3. The Morgan fingerprint density at radius 2 is 0.864 bits per heavy atom. The quantitative estimate of drug-likeness (QED) is 0.179. The van der Waals surface area contributed by atoms with Crippen LogP contribution >= 0.6 is 0 Å². The van der Waals surface area contributed by atoms with Gasteiger partial charge in [-0.3, -0.25) is 0 Å². The fourth-order valence-electron chi connectivity index (χ4n) is 10.3. The summed E-state index contributed by atoms with van der Waals surface area (Å²) in [7, 11) is 0. The van der Waals surface area contributed by atoms with Gasteiger partial charge in [-0.25, -0.2) is 15.0 Å². The zero-order valence-corrected chi connectivity index (χ0v) is 32.6. The van der Waals surface area contributed by atoms with E-state index in [1.165, 1.54) is 50.1 Å². The minimum absolute atomic E-state index is 0.299. The predicted molar refractivity (Wildman–Crippen MR) is 238 cm³/mol. The first-order chi connectivity index (χ1) is 29.0. The average molecular weight is 756 g/mol. The summed E-state index contributed by atoms with van der Waals surface area (Å²) in [4.78, 5) is 15.4. The van der Waals surface area contributed by atoms with E-state index < -0.39 is 5.41 Å². The number of furan rings is 1. The monoisotopic (exact) mass is 755 g/mol. The van der Waals surface area contributed by atoms with Crippen molar-refractivity contribution in [2.24, 2.45) is 0 Å². The third-order valence-electron chi connectivity index (χ3n) is 12.8. The van der Waals surface area contributed by atoms with E-state index in [-0.39, 0.29) is 5.41 Å². The van der Waals surface area contributed by atoms with Crippen molar-refractivity contribution >= 4 is 21.9 Å². The molecule has 4 heteroatoms. The van der Waals surface area contributed by atoms with Crippen LogP contribution in [0.1, 0.15) is 47.2 Å². The Labute approximate surface area is 342 Å². The van der Waals surface area contributed by atoms with E-state index in [0.717, 1.165) is 44.2 Å². The Morgan fingerprint density at radius 3 is 1.61 bits per heavy atom. The van der Waals surface area contributed by atoms with Crippen molar-refractivity contribution in [1.29, 1.82) is 0 Å². The maximum atomic E-state index is 6.30. The van der Waals surface area contributed by atoms with Gasteiger partial charge in [-0.15, -0.1) is 0 Å². The van der Waals surface area contributed by atoms with Gasteiger partial charge >= 0.3 is 0 Å². The number of nitrogens with zero attached hydrogens (tertiary/aromatic N) is 3. The lowest BCUT2D eigenvalue weighted by Gasteiger charge is -2.47. The second-order valence-corrected chi connectivity index (χ2v) is 16.3. The normalized spacial score (nSPS) is 14.2. The van der Waals surface area contributed by atoms with E-state index in [0.29, 0.717) is 17.5 Å². The summed E-state index contributed by atoms with van der Waals surface area (Å²) in [5.41, 5.74) is 16.6. The highest BCUT2D eigenvalue weighted by atomic mass is 16.3. The molecule has 12 rings (SSSR count). The van der Waals surface area contributed by atoms with E-state index in [1.807, 2.05) is 54.6 Å². The molecule has 1 spiro atoms. The van der Waals surface area contributed by atoms with Crippen LogP contribution in [0.4, 0.5) is 0 Å². The number of hydrogen-bond acceptors (Lipinski definition) is 4. The van der Waals surface area contributed by atoms with Gasteiger partial charge in [-0.2, -0.15) is 0 Å². The second-order valence-electron chi connectivity index (χ2n) is 16.3. The highest BCUT2D eigenvalue weighted by Crippen LogP contribution is 2.63. The van der Waals surface area contributed by atoms with Gasteiger partial charge < -0.3 is 4.42 Å². The zero-order valence-electron chi connectivity index (χ0n) is 32.6. The number of hydrogen-bond donors (Lipinski definition) is 0. The number of rotatable bonds is 4. The zero-order chi connectivity index (χ0) is 39.3. The SMILES string of the molecule is CC1(C)c2ccccc2C2(c3ccccc3-c3ccccc32)c2cccc(-c3cccc(-c4nc(-c5ccccc5)nc(-c5ccc6c(c5)oc5ccccc56)n4)c3)c21. The number of aromatic nitrogens is 3. The maximum absolute atomic E-state index is 6.30. The highest BCUT2D eigenvalue weighted by Gasteiger charge is 2.53. The molecule has 2 aliphatic rings. The lowest BCUT2D eigenvalue weighted by Crippen LogP contribution is -2.41. The van der Waals surface area contributed by atoms with E-state index in [2.05, 4.69) is 147 Å². The average Bonchev–Trinajstić information content (AvgIpc) is 3.82. The van der Waals surface area contributed by atoms with Gasteiger partial charge in [0.2, 0.25) is 0 Å². The van der Waals surface area contributed by atoms with Gasteiger partial charge in [0, 0.05) is 32.9 Å². The molecule has 2 heterocycles. The van der Waals surface area contributed by atoms with Crippen LogP contribution in [-0.2, 0) is 10.8 Å². The summed E-state index contributed by atoms with van der Waals surface area (Å²) in [5.74, 6) is 1.83. The van der Waals surface area contributed by atoms with Crippen LogP contribution < -0.4 is 0 Å². The van der Waals surface area contributed by atoms with Crippen LogP contribution in [0.25, 0.3) is 78.4 Å². The molecule has 0 saturated carbocycles. The summed E-state index contributed by atoms with van der Waals surface area (Å²) < 4.78 is 6.30. The number of benzene rings is 8. The fraction of sp³-hybridized carbons (Fsp3) is 0.0727. The molecule has 0 saturated heterocycles. The molecule has 0 bridgehead atoms. The molecule has 0 atom stereocenters. The lowest BCUT2D eigenvalue weighted by atomic mass is 9.54. The first kappa shape index (κ1) is 33.7. The smallest absolute Gasteiger partial charge is 0.164 e. The summed E-state index contributed by atoms with van der Waals surface area (Å²) >= 11 is 0. The predicted octanol–water partition coefficient (Wildman–Crippen LogP) is 13.4. The second kappa shape index (κ2) is 12.5. The largest absolute Gasteiger partial charge is 0.456 e. The van der Waals surface area contributed by atoms with Gasteiger partial charge in [0.1, 0.15) is 11.2 Å². The third-order valence-corrected chi connectivity index (χ3v) is 12.8. The van der Waals surface area contributed by atoms with Gasteiger partial charge in [0.25, 0.3) is 0 Å². The molecule has 278 valence electrons. The molecule has 10 aromatic rings. The third kappa shape index (κ3) is 4.80. The van der Waals surface area contributed by atoms with Crippen molar-refractivity contribution in [2.75, 3.05) is 0 Å². The molecule has 2 aliphatic carbocycles. The van der Waals surface area contributed by atoms with Crippen molar-refractivity contribution in [3.05, 3.63) is 221 Å². The van der Waals surface area contributed by atoms with Crippen molar-refractivity contribution < 1.29 is 4.42 Å². The summed E-state index contributed by atoms with van der Waals surface area (Å²) in [6.45, 7) is 4.78. The molecule has 0 unspecified atom stereocenters. The molecule has 8 aromatic carbocycles. The molecular formula is C55H37N3O. The molecular weight excluding hydrogens is 719 g/mol. The van der Waals surface area contributed by atoms with Crippen LogP contribution in [0.15, 0.2) is 192 Å². The van der Waals surface area contributed by atoms with Crippen LogP contribution in [0.2, 0.25) is 0 Å². The van der Waals surface area contributed by atoms with Crippen LogP contribution in [0.5, 0.6) is 0 Å². The Balaban J connectivity index is 1.06. The molecule has 59 heavy (non-hydrogen) atoms. The van der Waals surface area contributed by atoms with Crippen LogP contribution in [0, 0.1) is 0 Å². The number of para-hydroxylation sites is 1. The minimum Gasteiger partial charge on any atom is -0.456 e. The van der Waals surface area contributed by atoms with Crippen molar-refractivity contribution in [1.82, 2.24) is 15.0 Å². The number of fused-ring (bicyclic) bond motifs is 12. The van der Waals surface area contributed by atoms with E-state index >= 15 is 0 Å². The molecule has 0 radical (unpaired) electrons.